The van der Waals surface area contributed by atoms with Crippen molar-refractivity contribution in [1.82, 2.24) is 4.98 Å². The predicted molar refractivity (Wildman–Crippen MR) is 82.1 cm³/mol. The second kappa shape index (κ2) is 5.63. The highest BCUT2D eigenvalue weighted by Gasteiger charge is 2.18. The van der Waals surface area contributed by atoms with Crippen LogP contribution in [0.25, 0.3) is 10.6 Å². The van der Waals surface area contributed by atoms with Gasteiger partial charge in [0.15, 0.2) is 0 Å². The third-order valence-electron chi connectivity index (χ3n) is 2.39. The fraction of sp³-hybridized carbons (Fsp3) is 0.333. The number of anilines is 1. The predicted octanol–water partition coefficient (Wildman–Crippen LogP) is 4.47. The minimum absolute atomic E-state index is 0.451. The summed E-state index contributed by atoms with van der Waals surface area (Å²) in [7, 11) is 0. The molecule has 0 unspecified atom stereocenters. The van der Waals surface area contributed by atoms with Crippen LogP contribution in [0.15, 0.2) is 30.5 Å². The zero-order chi connectivity index (χ0) is 14.8. The van der Waals surface area contributed by atoms with Crippen molar-refractivity contribution in [2.24, 2.45) is 0 Å². The summed E-state index contributed by atoms with van der Waals surface area (Å²) in [5, 5.41) is 2.80. The molecule has 2 aromatic heterocycles. The van der Waals surface area contributed by atoms with Gasteiger partial charge in [0, 0.05) is 11.1 Å². The highest BCUT2D eigenvalue weighted by Crippen LogP contribution is 2.35. The number of nitrogens with one attached hydrogen (secondary N) is 1. The molecular weight excluding hydrogens is 272 g/mol. The summed E-state index contributed by atoms with van der Waals surface area (Å²) < 4.78 is 5.28. The summed E-state index contributed by atoms with van der Waals surface area (Å²) >= 11 is 1.59. The lowest BCUT2D eigenvalue weighted by atomic mass is 10.2. The van der Waals surface area contributed by atoms with Crippen LogP contribution in [0, 0.1) is 6.92 Å². The standard InChI is InChI=1S/C15H18N2O2S/c1-10-9-12(17-14(18)19-15(2,3)4)13(20-10)11-7-5-6-8-16-11/h5-9H,1-4H3,(H,17,18). The molecule has 1 N–H and O–H groups in total. The van der Waals surface area contributed by atoms with E-state index in [1.54, 1.807) is 17.5 Å². The number of aromatic nitrogens is 1. The van der Waals surface area contributed by atoms with Crippen molar-refractivity contribution >= 4 is 23.1 Å². The van der Waals surface area contributed by atoms with E-state index in [-0.39, 0.29) is 0 Å². The van der Waals surface area contributed by atoms with Crippen LogP contribution in [-0.2, 0) is 4.74 Å². The molecule has 4 nitrogen and oxygen atoms in total. The molecule has 0 aliphatic carbocycles. The van der Waals surface area contributed by atoms with Gasteiger partial charge in [-0.25, -0.2) is 4.79 Å². The SMILES string of the molecule is Cc1cc(NC(=O)OC(C)(C)C)c(-c2ccccn2)s1. The number of carbonyl (C=O) groups excluding carboxylic acids is 1. The lowest BCUT2D eigenvalue weighted by molar-refractivity contribution is 0.0636. The van der Waals surface area contributed by atoms with Crippen molar-refractivity contribution in [2.45, 2.75) is 33.3 Å². The van der Waals surface area contributed by atoms with E-state index < -0.39 is 11.7 Å². The van der Waals surface area contributed by atoms with E-state index in [4.69, 9.17) is 4.74 Å². The molecule has 0 saturated heterocycles. The summed E-state index contributed by atoms with van der Waals surface area (Å²) in [6.45, 7) is 7.51. The third-order valence-corrected chi connectivity index (χ3v) is 3.46. The Morgan fingerprint density at radius 2 is 2.10 bits per heavy atom. The molecule has 0 fully saturated rings. The van der Waals surface area contributed by atoms with Gasteiger partial charge in [0.25, 0.3) is 0 Å². The molecule has 0 atom stereocenters. The molecule has 5 heteroatoms. The highest BCUT2D eigenvalue weighted by molar-refractivity contribution is 7.16. The topological polar surface area (TPSA) is 51.2 Å². The van der Waals surface area contributed by atoms with Gasteiger partial charge in [-0.05, 0) is 45.9 Å². The largest absolute Gasteiger partial charge is 0.444 e. The van der Waals surface area contributed by atoms with Crippen LogP contribution in [0.5, 0.6) is 0 Å². The van der Waals surface area contributed by atoms with Gasteiger partial charge in [-0.2, -0.15) is 0 Å². The van der Waals surface area contributed by atoms with E-state index in [9.17, 15) is 4.79 Å². The number of amides is 1. The number of hydrogen-bond donors (Lipinski definition) is 1. The molecule has 1 amide bonds. The fourth-order valence-corrected chi connectivity index (χ4v) is 2.65. The van der Waals surface area contributed by atoms with Gasteiger partial charge in [0.2, 0.25) is 0 Å². The molecule has 0 spiro atoms. The Morgan fingerprint density at radius 3 is 2.70 bits per heavy atom. The Balaban J connectivity index is 2.23. The van der Waals surface area contributed by atoms with Crippen molar-refractivity contribution in [3.63, 3.8) is 0 Å². The molecule has 2 aromatic rings. The summed E-state index contributed by atoms with van der Waals surface area (Å²) in [4.78, 5) is 18.2. The second-order valence-electron chi connectivity index (χ2n) is 5.44. The normalized spacial score (nSPS) is 11.2. The maximum Gasteiger partial charge on any atom is 0.412 e. The van der Waals surface area contributed by atoms with Crippen molar-refractivity contribution in [3.05, 3.63) is 35.3 Å². The smallest absolute Gasteiger partial charge is 0.412 e. The van der Waals surface area contributed by atoms with Crippen LogP contribution in [0.2, 0.25) is 0 Å². The van der Waals surface area contributed by atoms with Gasteiger partial charge < -0.3 is 4.74 Å². The number of thiophene rings is 1. The Labute approximate surface area is 122 Å². The quantitative estimate of drug-likeness (QED) is 0.888. The first-order valence-electron chi connectivity index (χ1n) is 6.37. The lowest BCUT2D eigenvalue weighted by Gasteiger charge is -2.19. The number of rotatable bonds is 2. The first-order chi connectivity index (χ1) is 9.35. The molecule has 0 radical (unpaired) electrons. The zero-order valence-electron chi connectivity index (χ0n) is 12.1. The Morgan fingerprint density at radius 1 is 1.35 bits per heavy atom. The van der Waals surface area contributed by atoms with E-state index in [2.05, 4.69) is 10.3 Å². The average Bonchev–Trinajstić information content (AvgIpc) is 2.68. The number of ether oxygens (including phenoxy) is 1. The Hall–Kier alpha value is -1.88. The summed E-state index contributed by atoms with van der Waals surface area (Å²) in [6, 6.07) is 7.64. The van der Waals surface area contributed by atoms with Crippen molar-refractivity contribution < 1.29 is 9.53 Å². The van der Waals surface area contributed by atoms with Crippen LogP contribution < -0.4 is 5.32 Å². The van der Waals surface area contributed by atoms with Gasteiger partial charge >= 0.3 is 6.09 Å². The molecule has 20 heavy (non-hydrogen) atoms. The Kier molecular flexibility index (Phi) is 4.09. The average molecular weight is 290 g/mol. The number of hydrogen-bond acceptors (Lipinski definition) is 4. The summed E-state index contributed by atoms with van der Waals surface area (Å²) in [6.07, 6.45) is 1.29. The second-order valence-corrected chi connectivity index (χ2v) is 6.70. The van der Waals surface area contributed by atoms with Gasteiger partial charge in [-0.3, -0.25) is 10.3 Å². The molecule has 0 aliphatic rings. The van der Waals surface area contributed by atoms with Crippen molar-refractivity contribution in [1.29, 1.82) is 0 Å². The Bertz CT molecular complexity index is 600. The van der Waals surface area contributed by atoms with E-state index in [1.807, 2.05) is 52.0 Å². The van der Waals surface area contributed by atoms with Crippen LogP contribution in [0.3, 0.4) is 0 Å². The van der Waals surface area contributed by atoms with E-state index in [0.29, 0.717) is 0 Å². The maximum absolute atomic E-state index is 11.9. The molecule has 0 aliphatic heterocycles. The molecule has 106 valence electrons. The number of aryl methyl sites for hydroxylation is 1. The van der Waals surface area contributed by atoms with Gasteiger partial charge in [-0.15, -0.1) is 11.3 Å². The summed E-state index contributed by atoms with van der Waals surface area (Å²) in [5.41, 5.74) is 1.07. The van der Waals surface area contributed by atoms with E-state index in [0.717, 1.165) is 21.1 Å². The molecule has 0 aromatic carbocycles. The number of carbonyl (C=O) groups is 1. The molecular formula is C15H18N2O2S. The van der Waals surface area contributed by atoms with Crippen LogP contribution in [-0.4, -0.2) is 16.7 Å². The maximum atomic E-state index is 11.9. The monoisotopic (exact) mass is 290 g/mol. The fourth-order valence-electron chi connectivity index (χ4n) is 1.71. The van der Waals surface area contributed by atoms with Gasteiger partial charge in [0.1, 0.15) is 5.60 Å². The lowest BCUT2D eigenvalue weighted by Crippen LogP contribution is -2.27. The number of nitrogens with zero attached hydrogens (tertiary/aromatic N) is 1. The zero-order valence-corrected chi connectivity index (χ0v) is 12.9. The van der Waals surface area contributed by atoms with E-state index in [1.165, 1.54) is 0 Å². The third kappa shape index (κ3) is 3.81. The molecule has 0 bridgehead atoms. The summed E-state index contributed by atoms with van der Waals surface area (Å²) in [5.74, 6) is 0. The first kappa shape index (κ1) is 14.5. The minimum Gasteiger partial charge on any atom is -0.444 e. The van der Waals surface area contributed by atoms with Crippen molar-refractivity contribution in [3.8, 4) is 10.6 Å². The molecule has 2 heterocycles. The van der Waals surface area contributed by atoms with Crippen LogP contribution >= 0.6 is 11.3 Å². The van der Waals surface area contributed by atoms with E-state index >= 15 is 0 Å². The van der Waals surface area contributed by atoms with Gasteiger partial charge in [-0.1, -0.05) is 6.07 Å². The minimum atomic E-state index is -0.514. The van der Waals surface area contributed by atoms with Crippen LogP contribution in [0.1, 0.15) is 25.6 Å². The first-order valence-corrected chi connectivity index (χ1v) is 7.18. The number of pyridine rings is 1. The van der Waals surface area contributed by atoms with Crippen LogP contribution in [0.4, 0.5) is 10.5 Å². The molecule has 2 rings (SSSR count). The van der Waals surface area contributed by atoms with Gasteiger partial charge in [0.05, 0.1) is 16.3 Å². The highest BCUT2D eigenvalue weighted by atomic mass is 32.1. The van der Waals surface area contributed by atoms with Crippen molar-refractivity contribution in [2.75, 3.05) is 5.32 Å². The molecule has 0 saturated carbocycles.